The monoisotopic (exact) mass is 285 g/mol. The number of hydrogen-bond donors (Lipinski definition) is 1. The molecular formula is C15H15N3O3. The van der Waals surface area contributed by atoms with Crippen molar-refractivity contribution >= 4 is 17.3 Å². The molecule has 6 nitrogen and oxygen atoms in total. The SMILES string of the molecule is Cc1cc(C(=O)N2CCC/C(=N/O)c3ccccc32)no1. The van der Waals surface area contributed by atoms with Crippen molar-refractivity contribution in [2.75, 3.05) is 11.4 Å². The van der Waals surface area contributed by atoms with Crippen LogP contribution in [0.4, 0.5) is 5.69 Å². The number of para-hydroxylation sites is 1. The highest BCUT2D eigenvalue weighted by Crippen LogP contribution is 2.27. The molecule has 0 radical (unpaired) electrons. The van der Waals surface area contributed by atoms with Crippen LogP contribution in [0.15, 0.2) is 40.0 Å². The number of benzene rings is 1. The standard InChI is InChI=1S/C15H15N3O3/c1-10-9-13(17-21-10)15(19)18-8-4-6-12(16-20)11-5-2-3-7-14(11)18/h2-3,5,7,9,20H,4,6,8H2,1H3/b16-12-. The molecule has 0 fully saturated rings. The third-order valence-corrected chi connectivity index (χ3v) is 3.51. The van der Waals surface area contributed by atoms with Crippen LogP contribution in [0.25, 0.3) is 0 Å². The highest BCUT2D eigenvalue weighted by molar-refractivity contribution is 6.12. The second-order valence-electron chi connectivity index (χ2n) is 4.95. The number of oxime groups is 1. The van der Waals surface area contributed by atoms with Gasteiger partial charge in [-0.05, 0) is 25.8 Å². The number of aromatic nitrogens is 1. The summed E-state index contributed by atoms with van der Waals surface area (Å²) in [4.78, 5) is 14.3. The lowest BCUT2D eigenvalue weighted by Gasteiger charge is -2.21. The molecule has 0 atom stereocenters. The number of nitrogens with zero attached hydrogens (tertiary/aromatic N) is 3. The van der Waals surface area contributed by atoms with Gasteiger partial charge in [0.05, 0.1) is 11.4 Å². The maximum atomic E-state index is 12.6. The lowest BCUT2D eigenvalue weighted by atomic mass is 10.1. The number of rotatable bonds is 1. The third kappa shape index (κ3) is 2.40. The van der Waals surface area contributed by atoms with Crippen LogP contribution in [-0.4, -0.2) is 28.5 Å². The summed E-state index contributed by atoms with van der Waals surface area (Å²) >= 11 is 0. The summed E-state index contributed by atoms with van der Waals surface area (Å²) in [5.41, 5.74) is 2.38. The van der Waals surface area contributed by atoms with E-state index in [-0.39, 0.29) is 11.6 Å². The minimum atomic E-state index is -0.210. The van der Waals surface area contributed by atoms with Crippen molar-refractivity contribution in [3.63, 3.8) is 0 Å². The number of carbonyl (C=O) groups excluding carboxylic acids is 1. The van der Waals surface area contributed by atoms with E-state index in [1.165, 1.54) is 0 Å². The fourth-order valence-electron chi connectivity index (χ4n) is 2.53. The topological polar surface area (TPSA) is 78.9 Å². The molecule has 1 aliphatic rings. The predicted octanol–water partition coefficient (Wildman–Crippen LogP) is 2.60. The first kappa shape index (κ1) is 13.4. The Balaban J connectivity index is 2.04. The molecule has 1 aromatic heterocycles. The van der Waals surface area contributed by atoms with E-state index in [9.17, 15) is 4.79 Å². The van der Waals surface area contributed by atoms with E-state index in [4.69, 9.17) is 9.73 Å². The van der Waals surface area contributed by atoms with Crippen molar-refractivity contribution in [2.24, 2.45) is 5.16 Å². The van der Waals surface area contributed by atoms with Crippen molar-refractivity contribution in [1.82, 2.24) is 5.16 Å². The summed E-state index contributed by atoms with van der Waals surface area (Å²) in [6.07, 6.45) is 1.34. The molecule has 1 N–H and O–H groups in total. The van der Waals surface area contributed by atoms with Crippen molar-refractivity contribution in [2.45, 2.75) is 19.8 Å². The van der Waals surface area contributed by atoms with Crippen LogP contribution < -0.4 is 4.90 Å². The Morgan fingerprint density at radius 3 is 2.95 bits per heavy atom. The molecule has 0 spiro atoms. The quantitative estimate of drug-likeness (QED) is 0.645. The van der Waals surface area contributed by atoms with Gasteiger partial charge in [0.1, 0.15) is 5.76 Å². The molecule has 2 heterocycles. The van der Waals surface area contributed by atoms with Gasteiger partial charge in [-0.2, -0.15) is 0 Å². The van der Waals surface area contributed by atoms with E-state index in [2.05, 4.69) is 10.3 Å². The van der Waals surface area contributed by atoms with E-state index in [1.54, 1.807) is 17.9 Å². The smallest absolute Gasteiger partial charge is 0.280 e. The van der Waals surface area contributed by atoms with E-state index in [0.29, 0.717) is 24.4 Å². The van der Waals surface area contributed by atoms with Crippen LogP contribution in [-0.2, 0) is 0 Å². The molecule has 3 rings (SSSR count). The summed E-state index contributed by atoms with van der Waals surface area (Å²) in [5.74, 6) is 0.387. The van der Waals surface area contributed by atoms with Crippen LogP contribution in [0.1, 0.15) is 34.7 Å². The third-order valence-electron chi connectivity index (χ3n) is 3.51. The first-order valence-electron chi connectivity index (χ1n) is 6.76. The Morgan fingerprint density at radius 2 is 2.24 bits per heavy atom. The average Bonchev–Trinajstić information content (AvgIpc) is 2.84. The van der Waals surface area contributed by atoms with Crippen LogP contribution in [0, 0.1) is 6.92 Å². The molecule has 0 aliphatic carbocycles. The largest absolute Gasteiger partial charge is 0.411 e. The zero-order valence-electron chi connectivity index (χ0n) is 11.6. The van der Waals surface area contributed by atoms with Gasteiger partial charge in [-0.3, -0.25) is 4.79 Å². The molecule has 1 aliphatic heterocycles. The van der Waals surface area contributed by atoms with Gasteiger partial charge in [0.25, 0.3) is 5.91 Å². The Bertz CT molecular complexity index is 706. The second kappa shape index (κ2) is 5.40. The Morgan fingerprint density at radius 1 is 1.43 bits per heavy atom. The van der Waals surface area contributed by atoms with Gasteiger partial charge in [-0.15, -0.1) is 0 Å². The molecule has 1 amide bonds. The zero-order valence-corrected chi connectivity index (χ0v) is 11.6. The van der Waals surface area contributed by atoms with Crippen molar-refractivity contribution < 1.29 is 14.5 Å². The van der Waals surface area contributed by atoms with Crippen LogP contribution in [0.5, 0.6) is 0 Å². The van der Waals surface area contributed by atoms with Gasteiger partial charge in [-0.1, -0.05) is 28.5 Å². The van der Waals surface area contributed by atoms with Crippen LogP contribution >= 0.6 is 0 Å². The van der Waals surface area contributed by atoms with E-state index in [0.717, 1.165) is 17.7 Å². The fraction of sp³-hybridized carbons (Fsp3) is 0.267. The van der Waals surface area contributed by atoms with E-state index < -0.39 is 0 Å². The second-order valence-corrected chi connectivity index (χ2v) is 4.95. The Labute approximate surface area is 121 Å². The van der Waals surface area contributed by atoms with Gasteiger partial charge in [0.2, 0.25) is 0 Å². The molecule has 0 unspecified atom stereocenters. The van der Waals surface area contributed by atoms with Gasteiger partial charge < -0.3 is 14.6 Å². The Hall–Kier alpha value is -2.63. The first-order chi connectivity index (χ1) is 10.2. The molecule has 6 heteroatoms. The van der Waals surface area contributed by atoms with Crippen molar-refractivity contribution in [3.05, 3.63) is 47.3 Å². The van der Waals surface area contributed by atoms with E-state index in [1.807, 2.05) is 24.3 Å². The molecule has 0 saturated heterocycles. The highest BCUT2D eigenvalue weighted by atomic mass is 16.5. The summed E-state index contributed by atoms with van der Waals surface area (Å²) in [5, 5.41) is 16.3. The number of anilines is 1. The summed E-state index contributed by atoms with van der Waals surface area (Å²) in [6, 6.07) is 9.03. The molecule has 0 bridgehead atoms. The van der Waals surface area contributed by atoms with Gasteiger partial charge in [0, 0.05) is 18.2 Å². The predicted molar refractivity (Wildman–Crippen MR) is 76.9 cm³/mol. The molecule has 108 valence electrons. The summed E-state index contributed by atoms with van der Waals surface area (Å²) < 4.78 is 4.98. The van der Waals surface area contributed by atoms with E-state index >= 15 is 0 Å². The molecule has 1 aromatic carbocycles. The first-order valence-corrected chi connectivity index (χ1v) is 6.76. The lowest BCUT2D eigenvalue weighted by Crippen LogP contribution is -2.32. The maximum Gasteiger partial charge on any atom is 0.280 e. The van der Waals surface area contributed by atoms with Crippen molar-refractivity contribution in [1.29, 1.82) is 0 Å². The summed E-state index contributed by atoms with van der Waals surface area (Å²) in [7, 11) is 0. The molecule has 21 heavy (non-hydrogen) atoms. The van der Waals surface area contributed by atoms with Gasteiger partial charge >= 0.3 is 0 Å². The van der Waals surface area contributed by atoms with Gasteiger partial charge in [-0.25, -0.2) is 0 Å². The zero-order chi connectivity index (χ0) is 14.8. The van der Waals surface area contributed by atoms with Crippen LogP contribution in [0.2, 0.25) is 0 Å². The molecule has 0 saturated carbocycles. The number of carbonyl (C=O) groups is 1. The number of fused-ring (bicyclic) bond motifs is 1. The number of hydrogen-bond acceptors (Lipinski definition) is 5. The van der Waals surface area contributed by atoms with Crippen LogP contribution in [0.3, 0.4) is 0 Å². The minimum Gasteiger partial charge on any atom is -0.411 e. The Kier molecular flexibility index (Phi) is 3.43. The maximum absolute atomic E-state index is 12.6. The summed E-state index contributed by atoms with van der Waals surface area (Å²) in [6.45, 7) is 2.29. The fourth-order valence-corrected chi connectivity index (χ4v) is 2.53. The number of amides is 1. The number of aryl methyl sites for hydroxylation is 1. The average molecular weight is 285 g/mol. The molecule has 2 aromatic rings. The highest BCUT2D eigenvalue weighted by Gasteiger charge is 2.26. The minimum absolute atomic E-state index is 0.210. The lowest BCUT2D eigenvalue weighted by molar-refractivity contribution is 0.0978. The van der Waals surface area contributed by atoms with Gasteiger partial charge in [0.15, 0.2) is 5.69 Å². The normalized spacial score (nSPS) is 16.6. The molecular weight excluding hydrogens is 270 g/mol. The van der Waals surface area contributed by atoms with Crippen molar-refractivity contribution in [3.8, 4) is 0 Å².